The molecule has 2 heterocycles. The number of carbonyl (C=O) groups is 10. The molecule has 2 fully saturated rings. The number of aliphatic hydroxyl groups excluding tert-OH is 1. The number of likely N-dealkylation sites (tertiary alicyclic amines) is 2. The Morgan fingerprint density at radius 2 is 1.31 bits per heavy atom. The lowest BCUT2D eigenvalue weighted by atomic mass is 9.97. The summed E-state index contributed by atoms with van der Waals surface area (Å²) in [6, 6.07) is 11.9. The van der Waals surface area contributed by atoms with Crippen molar-refractivity contribution in [3.8, 4) is 0 Å². The number of carboxylic acid groups (broad SMARTS) is 1. The molecule has 0 aromatic heterocycles. The van der Waals surface area contributed by atoms with Crippen LogP contribution >= 0.6 is 0 Å². The average Bonchev–Trinajstić information content (AvgIpc) is 4.31. The highest BCUT2D eigenvalue weighted by molar-refractivity contribution is 5.98. The van der Waals surface area contributed by atoms with Crippen molar-refractivity contribution in [2.75, 3.05) is 46.4 Å². The normalized spacial score (nSPS) is 17.3. The molecule has 3 aromatic carbocycles. The van der Waals surface area contributed by atoms with E-state index >= 15 is 0 Å². The first-order valence-electron chi connectivity index (χ1n) is 28.4. The second-order valence-electron chi connectivity index (χ2n) is 21.3. The highest BCUT2D eigenvalue weighted by atomic mass is 16.4. The standard InChI is InChI=1S/C58H83N13O12/c1-5-35(2)49(57(82)83)68-51(76)43(31-38-24-25-39-18-9-10-19-40(39)30-38)66-52(77)44(34-72)67-54(79)47(32-37-16-7-6-8-17-37)69(4)48(74)33-63-53(78)45-22-14-28-70(45)56(81)46-23-15-29-71(46)55(80)42(21-13-27-62-58(60)61)65-50(75)41(64-36(3)73)20-11-12-26-59/h6-10,16-19,24-25,30,35,41-47,49,72H,5,11-15,20-23,26-29,31-34,59H2,1-4H3,(H,63,78)(H,64,73)(H,65,75)(H,66,77)(H,67,79)(H,68,76)(H,82,83)(H4,60,61,62)/t35-,41-,42-,43+,44-,45-,46-,47-,49-/m0/s1. The molecule has 3 aromatic rings. The number of likely N-dealkylation sites (N-methyl/N-ethyl adjacent to an activating group) is 1. The minimum atomic E-state index is -1.66. The Labute approximate surface area is 483 Å². The maximum atomic E-state index is 14.5. The summed E-state index contributed by atoms with van der Waals surface area (Å²) in [7, 11) is 1.34. The van der Waals surface area contributed by atoms with Gasteiger partial charge < -0.3 is 74.0 Å². The SMILES string of the molecule is CC[C@H](C)[C@H](NC(=O)[C@@H](Cc1ccc2ccccc2c1)NC(=O)[C@H](CO)NC(=O)[C@H](Cc1ccccc1)N(C)C(=O)CNC(=O)[C@@H]1CCCN1C(=O)[C@@H]1CCCN1C(=O)[C@H](CCCN=C(N)N)NC(=O)[C@H](CCCCN)NC(C)=O)C(=O)O. The van der Waals surface area contributed by atoms with E-state index in [0.29, 0.717) is 49.8 Å². The van der Waals surface area contributed by atoms with Gasteiger partial charge in [0.1, 0.15) is 48.3 Å². The molecule has 0 aliphatic carbocycles. The average molecular weight is 1150 g/mol. The van der Waals surface area contributed by atoms with Crippen LogP contribution in [-0.4, -0.2) is 185 Å². The van der Waals surface area contributed by atoms with Crippen LogP contribution in [0.2, 0.25) is 0 Å². The van der Waals surface area contributed by atoms with Crippen LogP contribution < -0.4 is 49.1 Å². The maximum Gasteiger partial charge on any atom is 0.326 e. The second kappa shape index (κ2) is 32.4. The van der Waals surface area contributed by atoms with Gasteiger partial charge in [0, 0.05) is 46.4 Å². The lowest BCUT2D eigenvalue weighted by Crippen LogP contribution is -2.60. The Morgan fingerprint density at radius 1 is 0.699 bits per heavy atom. The summed E-state index contributed by atoms with van der Waals surface area (Å²) in [6.07, 6.45) is 3.47. The van der Waals surface area contributed by atoms with Gasteiger partial charge in [0.15, 0.2) is 5.96 Å². The number of unbranched alkanes of at least 4 members (excludes halogenated alkanes) is 1. The highest BCUT2D eigenvalue weighted by Crippen LogP contribution is 2.27. The molecule has 452 valence electrons. The number of nitrogens with zero attached hydrogens (tertiary/aromatic N) is 4. The largest absolute Gasteiger partial charge is 0.480 e. The van der Waals surface area contributed by atoms with Crippen LogP contribution in [0.4, 0.5) is 0 Å². The molecule has 2 saturated heterocycles. The predicted molar refractivity (Wildman–Crippen MR) is 309 cm³/mol. The molecule has 0 saturated carbocycles. The van der Waals surface area contributed by atoms with Gasteiger partial charge >= 0.3 is 5.97 Å². The van der Waals surface area contributed by atoms with Crippen LogP contribution in [0.3, 0.4) is 0 Å². The third kappa shape index (κ3) is 19.2. The number of fused-ring (bicyclic) bond motifs is 1. The third-order valence-electron chi connectivity index (χ3n) is 15.2. The molecule has 0 unspecified atom stereocenters. The van der Waals surface area contributed by atoms with E-state index in [1.807, 2.05) is 36.4 Å². The van der Waals surface area contributed by atoms with Gasteiger partial charge in [-0.3, -0.25) is 48.1 Å². The van der Waals surface area contributed by atoms with Gasteiger partial charge in [-0.05, 0) is 92.1 Å². The summed E-state index contributed by atoms with van der Waals surface area (Å²) in [5, 5.41) is 38.1. The molecular weight excluding hydrogens is 1070 g/mol. The number of nitrogens with one attached hydrogen (secondary N) is 6. The Kier molecular flexibility index (Phi) is 25.7. The van der Waals surface area contributed by atoms with Crippen LogP contribution in [0.15, 0.2) is 77.8 Å². The Hall–Kier alpha value is -8.19. The van der Waals surface area contributed by atoms with E-state index in [1.165, 1.54) is 23.8 Å². The third-order valence-corrected chi connectivity index (χ3v) is 15.2. The molecular formula is C58H83N13O12. The maximum absolute atomic E-state index is 14.5. The molecule has 25 nitrogen and oxygen atoms in total. The zero-order chi connectivity index (χ0) is 60.8. The molecule has 25 heteroatoms. The number of carboxylic acids is 1. The van der Waals surface area contributed by atoms with Crippen molar-refractivity contribution >= 4 is 75.9 Å². The van der Waals surface area contributed by atoms with Gasteiger partial charge in [-0.15, -0.1) is 0 Å². The topological polar surface area (TPSA) is 383 Å². The second-order valence-corrected chi connectivity index (χ2v) is 21.3. The van der Waals surface area contributed by atoms with Crippen molar-refractivity contribution < 1.29 is 58.2 Å². The molecule has 2 aliphatic heterocycles. The van der Waals surface area contributed by atoms with Crippen LogP contribution in [0, 0.1) is 5.92 Å². The van der Waals surface area contributed by atoms with E-state index in [9.17, 15) is 58.2 Å². The number of guanidine groups is 1. The Balaban J connectivity index is 1.28. The zero-order valence-electron chi connectivity index (χ0n) is 47.9. The fraction of sp³-hybridized carbons (Fsp3) is 0.534. The van der Waals surface area contributed by atoms with Crippen LogP contribution in [0.1, 0.15) is 96.1 Å². The number of nitrogens with two attached hydrogens (primary N) is 3. The van der Waals surface area contributed by atoms with Crippen molar-refractivity contribution in [2.24, 2.45) is 28.1 Å². The van der Waals surface area contributed by atoms with Crippen LogP contribution in [0.5, 0.6) is 0 Å². The van der Waals surface area contributed by atoms with Crippen molar-refractivity contribution in [3.05, 3.63) is 83.9 Å². The van der Waals surface area contributed by atoms with Gasteiger partial charge in [0.25, 0.3) is 0 Å². The fourth-order valence-corrected chi connectivity index (χ4v) is 10.3. The number of benzene rings is 3. The van der Waals surface area contributed by atoms with Crippen molar-refractivity contribution in [1.82, 2.24) is 46.6 Å². The van der Waals surface area contributed by atoms with Crippen molar-refractivity contribution in [2.45, 2.75) is 146 Å². The first-order chi connectivity index (χ1) is 39.7. The smallest absolute Gasteiger partial charge is 0.326 e. The predicted octanol–water partition coefficient (Wildman–Crippen LogP) is -0.700. The number of amides is 9. The summed E-state index contributed by atoms with van der Waals surface area (Å²) >= 11 is 0. The number of aliphatic hydroxyl groups is 1. The zero-order valence-corrected chi connectivity index (χ0v) is 47.9. The minimum absolute atomic E-state index is 0.0746. The molecule has 0 bridgehead atoms. The number of aliphatic imine (C=N–C) groups is 1. The number of carbonyl (C=O) groups excluding carboxylic acids is 9. The van der Waals surface area contributed by atoms with E-state index in [1.54, 1.807) is 50.2 Å². The molecule has 5 rings (SSSR count). The lowest BCUT2D eigenvalue weighted by Gasteiger charge is -2.33. The summed E-state index contributed by atoms with van der Waals surface area (Å²) in [6.45, 7) is 4.08. The lowest BCUT2D eigenvalue weighted by molar-refractivity contribution is -0.148. The van der Waals surface area contributed by atoms with Crippen molar-refractivity contribution in [1.29, 1.82) is 0 Å². The quantitative estimate of drug-likeness (QED) is 0.0216. The van der Waals surface area contributed by atoms with Crippen LogP contribution in [0.25, 0.3) is 10.8 Å². The molecule has 83 heavy (non-hydrogen) atoms. The fourth-order valence-electron chi connectivity index (χ4n) is 10.3. The monoisotopic (exact) mass is 1150 g/mol. The molecule has 14 N–H and O–H groups in total. The van der Waals surface area contributed by atoms with Gasteiger partial charge in [0.2, 0.25) is 53.2 Å². The Bertz CT molecular complexity index is 2780. The van der Waals surface area contributed by atoms with Gasteiger partial charge in [-0.1, -0.05) is 93.1 Å². The highest BCUT2D eigenvalue weighted by Gasteiger charge is 2.44. The Morgan fingerprint density at radius 3 is 1.96 bits per heavy atom. The summed E-state index contributed by atoms with van der Waals surface area (Å²) in [5.41, 5.74) is 17.9. The summed E-state index contributed by atoms with van der Waals surface area (Å²) < 4.78 is 0. The van der Waals surface area contributed by atoms with E-state index < -0.39 is 127 Å². The minimum Gasteiger partial charge on any atom is -0.480 e. The number of aliphatic carboxylic acids is 1. The number of rotatable bonds is 31. The summed E-state index contributed by atoms with van der Waals surface area (Å²) in [5.74, 6) is -7.95. The van der Waals surface area contributed by atoms with E-state index in [0.717, 1.165) is 15.7 Å². The van der Waals surface area contributed by atoms with Gasteiger partial charge in [-0.2, -0.15) is 0 Å². The number of hydrogen-bond acceptors (Lipinski definition) is 13. The number of hydrogen-bond donors (Lipinski definition) is 11. The van der Waals surface area contributed by atoms with Crippen LogP contribution in [-0.2, 0) is 60.8 Å². The van der Waals surface area contributed by atoms with E-state index in [4.69, 9.17) is 17.2 Å². The van der Waals surface area contributed by atoms with Gasteiger partial charge in [-0.25, -0.2) is 4.79 Å². The van der Waals surface area contributed by atoms with Gasteiger partial charge in [0.05, 0.1) is 13.2 Å². The molecule has 9 amide bonds. The molecule has 0 radical (unpaired) electrons. The molecule has 9 atom stereocenters. The van der Waals surface area contributed by atoms with E-state index in [-0.39, 0.29) is 70.5 Å². The molecule has 0 spiro atoms. The van der Waals surface area contributed by atoms with Crippen molar-refractivity contribution in [3.63, 3.8) is 0 Å². The molecule has 2 aliphatic rings. The first kappa shape index (κ1) is 65.6. The summed E-state index contributed by atoms with van der Waals surface area (Å²) in [4.78, 5) is 145. The van der Waals surface area contributed by atoms with E-state index in [2.05, 4.69) is 36.9 Å². The first-order valence-corrected chi connectivity index (χ1v) is 28.4.